The average Bonchev–Trinajstić information content (AvgIpc) is 2.83. The van der Waals surface area contributed by atoms with Crippen LogP contribution in [0.3, 0.4) is 0 Å². The van der Waals surface area contributed by atoms with Crippen molar-refractivity contribution in [3.8, 4) is 11.5 Å². The maximum Gasteiger partial charge on any atom is 0.419 e. The Morgan fingerprint density at radius 3 is 2.68 bits per heavy atom. The van der Waals surface area contributed by atoms with Crippen LogP contribution in [0.2, 0.25) is 0 Å². The molecule has 1 aliphatic rings. The van der Waals surface area contributed by atoms with E-state index in [1.165, 1.54) is 13.2 Å². The zero-order valence-corrected chi connectivity index (χ0v) is 20.6. The molecular weight excluding hydrogens is 496 g/mol. The van der Waals surface area contributed by atoms with Gasteiger partial charge in [0.1, 0.15) is 36.8 Å². The smallest absolute Gasteiger partial charge is 0.419 e. The number of aryl methyl sites for hydroxylation is 1. The van der Waals surface area contributed by atoms with Crippen molar-refractivity contribution in [1.82, 2.24) is 14.9 Å². The predicted octanol–water partition coefficient (Wildman–Crippen LogP) is 4.51. The van der Waals surface area contributed by atoms with Crippen molar-refractivity contribution < 1.29 is 36.6 Å². The Balaban J connectivity index is 1.64. The molecule has 3 aromatic rings. The minimum atomic E-state index is -4.81. The molecule has 1 amide bonds. The first-order valence-corrected chi connectivity index (χ1v) is 11.4. The lowest BCUT2D eigenvalue weighted by Gasteiger charge is -2.29. The summed E-state index contributed by atoms with van der Waals surface area (Å²) < 4.78 is 71.3. The summed E-state index contributed by atoms with van der Waals surface area (Å²) in [4.78, 5) is 22.0. The van der Waals surface area contributed by atoms with E-state index in [9.17, 15) is 22.4 Å². The van der Waals surface area contributed by atoms with Crippen LogP contribution in [-0.2, 0) is 15.7 Å². The lowest BCUT2D eigenvalue weighted by atomic mass is 10.0. The standard InChI is InChI=1S/C25H26F4N4O4/c1-13(16-6-5-7-18(23(16)26)25(27,28)29)30-24-17-8-21(20(35-4)9-19(17)31-14(2)32-24)37-11-15-10-33(3)22(34)12-36-15/h5-9,13,15H,10-12H2,1-4H3,(H,30,31,32)/t13-,15+/m1/s1. The summed E-state index contributed by atoms with van der Waals surface area (Å²) in [6, 6.07) is 5.60. The number of benzene rings is 2. The molecule has 1 aromatic heterocycles. The van der Waals surface area contributed by atoms with E-state index in [4.69, 9.17) is 14.2 Å². The van der Waals surface area contributed by atoms with Crippen molar-refractivity contribution in [2.45, 2.75) is 32.2 Å². The Morgan fingerprint density at radius 2 is 2.00 bits per heavy atom. The molecule has 198 valence electrons. The number of morpholine rings is 1. The molecule has 0 aliphatic carbocycles. The van der Waals surface area contributed by atoms with Gasteiger partial charge in [0.2, 0.25) is 5.91 Å². The summed E-state index contributed by atoms with van der Waals surface area (Å²) in [5.74, 6) is -0.0227. The number of alkyl halides is 3. The van der Waals surface area contributed by atoms with Crippen LogP contribution < -0.4 is 14.8 Å². The van der Waals surface area contributed by atoms with E-state index in [1.54, 1.807) is 37.9 Å². The van der Waals surface area contributed by atoms with Gasteiger partial charge in [0.15, 0.2) is 11.5 Å². The van der Waals surface area contributed by atoms with Crippen molar-refractivity contribution in [1.29, 1.82) is 0 Å². The molecule has 4 rings (SSSR count). The van der Waals surface area contributed by atoms with E-state index < -0.39 is 23.6 Å². The number of carbonyl (C=O) groups excluding carboxylic acids is 1. The highest BCUT2D eigenvalue weighted by atomic mass is 19.4. The van der Waals surface area contributed by atoms with Crippen LogP contribution >= 0.6 is 0 Å². The largest absolute Gasteiger partial charge is 0.493 e. The van der Waals surface area contributed by atoms with Crippen LogP contribution in [0.1, 0.15) is 29.9 Å². The third-order valence-corrected chi connectivity index (χ3v) is 6.02. The molecule has 0 unspecified atom stereocenters. The summed E-state index contributed by atoms with van der Waals surface area (Å²) >= 11 is 0. The molecule has 8 nitrogen and oxygen atoms in total. The summed E-state index contributed by atoms with van der Waals surface area (Å²) in [5, 5.41) is 3.52. The molecule has 0 spiro atoms. The van der Waals surface area contributed by atoms with Gasteiger partial charge < -0.3 is 24.4 Å². The van der Waals surface area contributed by atoms with Crippen molar-refractivity contribution in [3.63, 3.8) is 0 Å². The van der Waals surface area contributed by atoms with Crippen molar-refractivity contribution in [2.24, 2.45) is 0 Å². The Labute approximate surface area is 210 Å². The Hall–Kier alpha value is -3.67. The normalized spacial score (nSPS) is 17.1. The number of hydrogen-bond acceptors (Lipinski definition) is 7. The van der Waals surface area contributed by atoms with Crippen molar-refractivity contribution in [2.75, 3.05) is 39.2 Å². The SMILES string of the molecule is COc1cc2nc(C)nc(N[C@H](C)c3cccc(C(F)(F)F)c3F)c2cc1OC[C@@H]1CN(C)C(=O)CO1. The Bertz CT molecular complexity index is 1320. The van der Waals surface area contributed by atoms with E-state index >= 15 is 0 Å². The first-order chi connectivity index (χ1) is 17.5. The highest BCUT2D eigenvalue weighted by Crippen LogP contribution is 2.37. The number of ether oxygens (including phenoxy) is 3. The van der Waals surface area contributed by atoms with Crippen LogP contribution in [0, 0.1) is 12.7 Å². The van der Waals surface area contributed by atoms with Gasteiger partial charge in [-0.05, 0) is 26.0 Å². The summed E-state index contributed by atoms with van der Waals surface area (Å²) in [5.41, 5.74) is -0.993. The number of likely N-dealkylation sites (N-methyl/N-ethyl adjacent to an activating group) is 1. The zero-order valence-electron chi connectivity index (χ0n) is 20.6. The zero-order chi connectivity index (χ0) is 26.9. The van der Waals surface area contributed by atoms with Gasteiger partial charge in [-0.15, -0.1) is 0 Å². The van der Waals surface area contributed by atoms with Gasteiger partial charge in [0.05, 0.1) is 24.2 Å². The van der Waals surface area contributed by atoms with Gasteiger partial charge in [-0.25, -0.2) is 14.4 Å². The second-order valence-electron chi connectivity index (χ2n) is 8.73. The summed E-state index contributed by atoms with van der Waals surface area (Å²) in [6.07, 6.45) is -5.16. The molecule has 1 saturated heterocycles. The maximum absolute atomic E-state index is 14.7. The quantitative estimate of drug-likeness (QED) is 0.457. The third-order valence-electron chi connectivity index (χ3n) is 6.02. The van der Waals surface area contributed by atoms with E-state index in [0.29, 0.717) is 46.7 Å². The topological polar surface area (TPSA) is 85.8 Å². The average molecular weight is 522 g/mol. The van der Waals surface area contributed by atoms with E-state index in [1.807, 2.05) is 0 Å². The fourth-order valence-corrected chi connectivity index (χ4v) is 4.06. The monoisotopic (exact) mass is 522 g/mol. The molecule has 2 atom stereocenters. The van der Waals surface area contributed by atoms with Gasteiger partial charge in [0, 0.05) is 30.6 Å². The third kappa shape index (κ3) is 5.68. The molecule has 12 heteroatoms. The second-order valence-corrected chi connectivity index (χ2v) is 8.73. The molecule has 1 N–H and O–H groups in total. The Morgan fingerprint density at radius 1 is 1.24 bits per heavy atom. The molecule has 2 aromatic carbocycles. The molecule has 1 fully saturated rings. The minimum Gasteiger partial charge on any atom is -0.493 e. The number of amides is 1. The van der Waals surface area contributed by atoms with E-state index in [2.05, 4.69) is 15.3 Å². The highest BCUT2D eigenvalue weighted by molar-refractivity contribution is 5.92. The number of hydrogen-bond donors (Lipinski definition) is 1. The van der Waals surface area contributed by atoms with Crippen LogP contribution in [0.4, 0.5) is 23.4 Å². The Kier molecular flexibility index (Phi) is 7.39. The molecule has 0 saturated carbocycles. The van der Waals surface area contributed by atoms with Gasteiger partial charge in [-0.1, -0.05) is 12.1 Å². The molecule has 2 heterocycles. The number of anilines is 1. The maximum atomic E-state index is 14.7. The van der Waals surface area contributed by atoms with Crippen molar-refractivity contribution in [3.05, 3.63) is 53.1 Å². The molecule has 1 aliphatic heterocycles. The number of nitrogens with one attached hydrogen (secondary N) is 1. The summed E-state index contributed by atoms with van der Waals surface area (Å²) in [7, 11) is 3.16. The highest BCUT2D eigenvalue weighted by Gasteiger charge is 2.35. The van der Waals surface area contributed by atoms with Crippen LogP contribution in [0.25, 0.3) is 10.9 Å². The lowest BCUT2D eigenvalue weighted by molar-refractivity contribution is -0.148. The molecule has 37 heavy (non-hydrogen) atoms. The van der Waals surface area contributed by atoms with E-state index in [-0.39, 0.29) is 30.8 Å². The first kappa shape index (κ1) is 26.4. The van der Waals surface area contributed by atoms with Gasteiger partial charge in [0.25, 0.3) is 0 Å². The summed E-state index contributed by atoms with van der Waals surface area (Å²) in [6.45, 7) is 3.67. The number of carbonyl (C=O) groups is 1. The van der Waals surface area contributed by atoms with E-state index in [0.717, 1.165) is 6.07 Å². The van der Waals surface area contributed by atoms with Gasteiger partial charge >= 0.3 is 6.18 Å². The molecule has 0 bridgehead atoms. The number of rotatable bonds is 7. The van der Waals surface area contributed by atoms with Crippen molar-refractivity contribution >= 4 is 22.6 Å². The number of nitrogens with zero attached hydrogens (tertiary/aromatic N) is 3. The number of aromatic nitrogens is 2. The fraction of sp³-hybridized carbons (Fsp3) is 0.400. The minimum absolute atomic E-state index is 0.0371. The molecular formula is C25H26F4N4O4. The number of halogens is 4. The molecule has 0 radical (unpaired) electrons. The second kappa shape index (κ2) is 10.4. The van der Waals surface area contributed by atoms with Gasteiger partial charge in [-0.2, -0.15) is 13.2 Å². The number of fused-ring (bicyclic) bond motifs is 1. The lowest BCUT2D eigenvalue weighted by Crippen LogP contribution is -2.46. The number of methoxy groups -OCH3 is 1. The van der Waals surface area contributed by atoms with Crippen LogP contribution in [-0.4, -0.2) is 60.8 Å². The van der Waals surface area contributed by atoms with Crippen LogP contribution in [0.15, 0.2) is 30.3 Å². The van der Waals surface area contributed by atoms with Crippen LogP contribution in [0.5, 0.6) is 11.5 Å². The predicted molar refractivity (Wildman–Crippen MR) is 127 cm³/mol. The van der Waals surface area contributed by atoms with Gasteiger partial charge in [-0.3, -0.25) is 4.79 Å². The first-order valence-electron chi connectivity index (χ1n) is 11.4. The fourth-order valence-electron chi connectivity index (χ4n) is 4.06.